The van der Waals surface area contributed by atoms with E-state index in [-0.39, 0.29) is 29.6 Å². The number of esters is 1. The van der Waals surface area contributed by atoms with Gasteiger partial charge in [-0.25, -0.2) is 4.39 Å². The molecule has 1 amide bonds. The van der Waals surface area contributed by atoms with Crippen LogP contribution < -0.4 is 21.1 Å². The lowest BCUT2D eigenvalue weighted by Gasteiger charge is -2.27. The fraction of sp³-hybridized carbons (Fsp3) is 0.360. The molecule has 36 heavy (non-hydrogen) atoms. The lowest BCUT2D eigenvalue weighted by Crippen LogP contribution is -2.26. The predicted molar refractivity (Wildman–Crippen MR) is 130 cm³/mol. The summed E-state index contributed by atoms with van der Waals surface area (Å²) in [5, 5.41) is 12.9. The molecule has 0 atom stereocenters. The number of nitrogen functional groups attached to an aromatic ring is 1. The Balaban J connectivity index is 1.26. The lowest BCUT2D eigenvalue weighted by molar-refractivity contribution is -0.149. The van der Waals surface area contributed by atoms with Crippen LogP contribution in [0.5, 0.6) is 5.75 Å². The largest absolute Gasteiger partial charge is 0.493 e. The van der Waals surface area contributed by atoms with Crippen LogP contribution in [0, 0.1) is 17.7 Å². The molecule has 4 rings (SSSR count). The zero-order chi connectivity index (χ0) is 25.5. The summed E-state index contributed by atoms with van der Waals surface area (Å²) in [6.45, 7) is 2.74. The Labute approximate surface area is 207 Å². The first kappa shape index (κ1) is 25.0. The number of aromatic nitrogens is 2. The Morgan fingerprint density at radius 2 is 1.86 bits per heavy atom. The number of rotatable bonds is 9. The monoisotopic (exact) mass is 497 g/mol. The predicted octanol–water partition coefficient (Wildman–Crippen LogP) is 4.54. The van der Waals surface area contributed by atoms with E-state index in [9.17, 15) is 14.0 Å². The van der Waals surface area contributed by atoms with Crippen LogP contribution in [0.4, 0.5) is 27.5 Å². The van der Waals surface area contributed by atoms with Gasteiger partial charge >= 0.3 is 23.8 Å². The van der Waals surface area contributed by atoms with Crippen LogP contribution in [-0.2, 0) is 9.53 Å². The summed E-state index contributed by atoms with van der Waals surface area (Å²) in [7, 11) is 0. The van der Waals surface area contributed by atoms with Crippen LogP contribution >= 0.6 is 0 Å². The first-order valence-electron chi connectivity index (χ1n) is 11.8. The maximum Gasteiger partial charge on any atom is 0.320 e. The van der Waals surface area contributed by atoms with Gasteiger partial charge in [0.2, 0.25) is 0 Å². The molecule has 11 heteroatoms. The Hall–Kier alpha value is -4.15. The Kier molecular flexibility index (Phi) is 7.99. The molecule has 1 aliphatic rings. The normalized spacial score (nSPS) is 17.3. The molecule has 0 bridgehead atoms. The number of carbonyl (C=O) groups is 2. The Morgan fingerprint density at radius 3 is 2.56 bits per heavy atom. The molecule has 3 aromatic rings. The van der Waals surface area contributed by atoms with Crippen LogP contribution in [0.1, 0.15) is 43.3 Å². The van der Waals surface area contributed by atoms with E-state index in [4.69, 9.17) is 19.6 Å². The summed E-state index contributed by atoms with van der Waals surface area (Å²) in [6.07, 6.45) is 3.40. The standard InChI is InChI=1S/C25H28FN5O5/c1-2-34-24(33)16-5-3-15(4-6-16)14-35-19-11-12-21(20(27)13-19)29-22(32)23-30-31-25(36-23)28-18-9-7-17(26)8-10-18/h7-13,15-16H,2-6,14,27H2,1H3,(H,28,31)(H,29,32). The molecular weight excluding hydrogens is 469 g/mol. The molecule has 1 aliphatic carbocycles. The first-order valence-corrected chi connectivity index (χ1v) is 11.8. The third kappa shape index (κ3) is 6.49. The number of nitrogens with zero attached hydrogens (tertiary/aromatic N) is 2. The molecule has 0 aliphatic heterocycles. The maximum absolute atomic E-state index is 13.0. The summed E-state index contributed by atoms with van der Waals surface area (Å²) in [5.41, 5.74) is 7.31. The van der Waals surface area contributed by atoms with E-state index in [0.29, 0.717) is 41.9 Å². The van der Waals surface area contributed by atoms with Crippen molar-refractivity contribution < 1.29 is 27.9 Å². The number of carbonyl (C=O) groups excluding carboxylic acids is 2. The highest BCUT2D eigenvalue weighted by atomic mass is 19.1. The number of anilines is 4. The van der Waals surface area contributed by atoms with Crippen molar-refractivity contribution in [2.45, 2.75) is 32.6 Å². The van der Waals surface area contributed by atoms with Crippen molar-refractivity contribution in [2.75, 3.05) is 29.6 Å². The molecule has 1 fully saturated rings. The molecule has 1 aromatic heterocycles. The third-order valence-corrected chi connectivity index (χ3v) is 5.94. The Bertz CT molecular complexity index is 1190. The number of halogens is 1. The fourth-order valence-corrected chi connectivity index (χ4v) is 3.98. The maximum atomic E-state index is 13.0. The van der Waals surface area contributed by atoms with E-state index in [2.05, 4.69) is 20.8 Å². The summed E-state index contributed by atoms with van der Waals surface area (Å²) in [4.78, 5) is 24.4. The van der Waals surface area contributed by atoms with Crippen LogP contribution in [-0.4, -0.2) is 35.3 Å². The van der Waals surface area contributed by atoms with Gasteiger partial charge in [0, 0.05) is 11.8 Å². The summed E-state index contributed by atoms with van der Waals surface area (Å²) < 4.78 is 29.4. The molecule has 190 valence electrons. The molecule has 0 radical (unpaired) electrons. The smallest absolute Gasteiger partial charge is 0.320 e. The van der Waals surface area contributed by atoms with Crippen molar-refractivity contribution >= 4 is 35.0 Å². The topological polar surface area (TPSA) is 142 Å². The van der Waals surface area contributed by atoms with E-state index in [1.54, 1.807) is 18.2 Å². The molecule has 0 unspecified atom stereocenters. The molecule has 0 saturated heterocycles. The minimum absolute atomic E-state index is 0.0141. The van der Waals surface area contributed by atoms with Crippen molar-refractivity contribution in [1.82, 2.24) is 10.2 Å². The lowest BCUT2D eigenvalue weighted by atomic mass is 9.82. The van der Waals surface area contributed by atoms with Crippen molar-refractivity contribution in [3.05, 3.63) is 54.2 Å². The quantitative estimate of drug-likeness (QED) is 0.287. The second-order valence-electron chi connectivity index (χ2n) is 8.53. The average molecular weight is 498 g/mol. The minimum Gasteiger partial charge on any atom is -0.493 e. The third-order valence-electron chi connectivity index (χ3n) is 5.94. The van der Waals surface area contributed by atoms with E-state index >= 15 is 0 Å². The molecule has 1 saturated carbocycles. The van der Waals surface area contributed by atoms with E-state index in [1.165, 1.54) is 24.3 Å². The molecule has 0 spiro atoms. The van der Waals surface area contributed by atoms with Gasteiger partial charge in [-0.3, -0.25) is 9.59 Å². The van der Waals surface area contributed by atoms with E-state index in [1.807, 2.05) is 6.92 Å². The van der Waals surface area contributed by atoms with Gasteiger partial charge in [0.05, 0.1) is 30.5 Å². The summed E-state index contributed by atoms with van der Waals surface area (Å²) >= 11 is 0. The number of benzene rings is 2. The minimum atomic E-state index is -0.631. The van der Waals surface area contributed by atoms with Gasteiger partial charge < -0.3 is 30.3 Å². The van der Waals surface area contributed by atoms with Crippen molar-refractivity contribution in [3.63, 3.8) is 0 Å². The molecule has 2 aromatic carbocycles. The van der Waals surface area contributed by atoms with Crippen LogP contribution in [0.2, 0.25) is 0 Å². The number of amides is 1. The van der Waals surface area contributed by atoms with Crippen molar-refractivity contribution in [1.29, 1.82) is 0 Å². The number of hydrogen-bond acceptors (Lipinski definition) is 9. The highest BCUT2D eigenvalue weighted by Gasteiger charge is 2.27. The summed E-state index contributed by atoms with van der Waals surface area (Å²) in [6, 6.07) is 10.5. The highest BCUT2D eigenvalue weighted by molar-refractivity contribution is 6.02. The number of ether oxygens (including phenoxy) is 2. The molecule has 4 N–H and O–H groups in total. The zero-order valence-electron chi connectivity index (χ0n) is 19.8. The van der Waals surface area contributed by atoms with E-state index in [0.717, 1.165) is 25.7 Å². The zero-order valence-corrected chi connectivity index (χ0v) is 19.8. The molecule has 10 nitrogen and oxygen atoms in total. The van der Waals surface area contributed by atoms with Gasteiger partial charge in [0.1, 0.15) is 11.6 Å². The second kappa shape index (κ2) is 11.5. The van der Waals surface area contributed by atoms with Gasteiger partial charge in [0.15, 0.2) is 0 Å². The van der Waals surface area contributed by atoms with Crippen LogP contribution in [0.25, 0.3) is 0 Å². The van der Waals surface area contributed by atoms with Gasteiger partial charge in [-0.1, -0.05) is 5.10 Å². The van der Waals surface area contributed by atoms with Crippen LogP contribution in [0.15, 0.2) is 46.9 Å². The van der Waals surface area contributed by atoms with Crippen molar-refractivity contribution in [2.24, 2.45) is 11.8 Å². The average Bonchev–Trinajstić information content (AvgIpc) is 3.35. The number of nitrogens with one attached hydrogen (secondary N) is 2. The number of nitrogens with two attached hydrogens (primary N) is 1. The van der Waals surface area contributed by atoms with Crippen LogP contribution in [0.3, 0.4) is 0 Å². The number of hydrogen-bond donors (Lipinski definition) is 3. The highest BCUT2D eigenvalue weighted by Crippen LogP contribution is 2.31. The van der Waals surface area contributed by atoms with E-state index < -0.39 is 5.91 Å². The second-order valence-corrected chi connectivity index (χ2v) is 8.53. The fourth-order valence-electron chi connectivity index (χ4n) is 3.98. The van der Waals surface area contributed by atoms with Gasteiger partial charge in [-0.05, 0) is 74.9 Å². The molecular formula is C25H28FN5O5. The van der Waals surface area contributed by atoms with Gasteiger partial charge in [-0.2, -0.15) is 0 Å². The van der Waals surface area contributed by atoms with Crippen molar-refractivity contribution in [3.8, 4) is 5.75 Å². The molecule has 1 heterocycles. The SMILES string of the molecule is CCOC(=O)C1CCC(COc2ccc(NC(=O)c3nnc(Nc4ccc(F)cc4)o3)c(N)c2)CC1. The van der Waals surface area contributed by atoms with Gasteiger partial charge in [-0.15, -0.1) is 5.10 Å². The summed E-state index contributed by atoms with van der Waals surface area (Å²) in [5.74, 6) is -0.464. The first-order chi connectivity index (χ1) is 17.4. The van der Waals surface area contributed by atoms with Gasteiger partial charge in [0.25, 0.3) is 0 Å². The Morgan fingerprint density at radius 1 is 1.11 bits per heavy atom.